The number of H-pyrrole nitrogens is 1. The molecule has 1 aliphatic heterocycles. The topological polar surface area (TPSA) is 71.4 Å². The first-order valence-electron chi connectivity index (χ1n) is 8.91. The Morgan fingerprint density at radius 1 is 1.31 bits per heavy atom. The van der Waals surface area contributed by atoms with Gasteiger partial charge < -0.3 is 15.5 Å². The summed E-state index contributed by atoms with van der Waals surface area (Å²) in [5, 5.41) is 1.07. The third kappa shape index (κ3) is 3.40. The fraction of sp³-hybridized carbons (Fsp3) is 0.350. The molecule has 3 N–H and O–H groups in total. The number of morpholine rings is 1. The molecular formula is C20H23N3O2S. The number of ether oxygens (including phenoxy) is 1. The number of carbonyl (C=O) groups is 1. The van der Waals surface area contributed by atoms with Crippen molar-refractivity contribution in [1.29, 1.82) is 0 Å². The van der Waals surface area contributed by atoms with Crippen LogP contribution in [0.15, 0.2) is 36.5 Å². The molecule has 3 aromatic rings. The summed E-state index contributed by atoms with van der Waals surface area (Å²) in [7, 11) is 0. The molecule has 1 saturated heterocycles. The number of rotatable bonds is 5. The van der Waals surface area contributed by atoms with Crippen LogP contribution >= 0.6 is 11.3 Å². The van der Waals surface area contributed by atoms with E-state index in [0.29, 0.717) is 0 Å². The lowest BCUT2D eigenvalue weighted by Crippen LogP contribution is -2.35. The van der Waals surface area contributed by atoms with Crippen molar-refractivity contribution >= 4 is 28.1 Å². The van der Waals surface area contributed by atoms with E-state index >= 15 is 0 Å². The Kier molecular flexibility index (Phi) is 4.80. The predicted octanol–water partition coefficient (Wildman–Crippen LogP) is 3.32. The SMILES string of the molecule is CC(C(N)=O)c1c[nH]c2ccc(-c3ccc(CN4CCOCC4)s3)cc12. The van der Waals surface area contributed by atoms with Crippen molar-refractivity contribution in [2.24, 2.45) is 5.73 Å². The number of nitrogens with zero attached hydrogens (tertiary/aromatic N) is 1. The first kappa shape index (κ1) is 17.3. The number of fused-ring (bicyclic) bond motifs is 1. The highest BCUT2D eigenvalue weighted by atomic mass is 32.1. The van der Waals surface area contributed by atoms with Gasteiger partial charge >= 0.3 is 0 Å². The smallest absolute Gasteiger partial charge is 0.224 e. The monoisotopic (exact) mass is 369 g/mol. The number of nitrogens with one attached hydrogen (secondary N) is 1. The summed E-state index contributed by atoms with van der Waals surface area (Å²) in [4.78, 5) is 19.9. The number of carbonyl (C=O) groups excluding carboxylic acids is 1. The molecule has 26 heavy (non-hydrogen) atoms. The predicted molar refractivity (Wildman–Crippen MR) is 105 cm³/mol. The third-order valence-electron chi connectivity index (χ3n) is 5.04. The summed E-state index contributed by atoms with van der Waals surface area (Å²) in [6.45, 7) is 6.47. The van der Waals surface area contributed by atoms with Crippen molar-refractivity contribution in [3.05, 3.63) is 47.0 Å². The zero-order valence-electron chi connectivity index (χ0n) is 14.8. The highest BCUT2D eigenvalue weighted by Gasteiger charge is 2.17. The van der Waals surface area contributed by atoms with Gasteiger partial charge in [0.2, 0.25) is 5.91 Å². The lowest BCUT2D eigenvalue weighted by molar-refractivity contribution is -0.119. The van der Waals surface area contributed by atoms with E-state index in [1.807, 2.05) is 24.5 Å². The van der Waals surface area contributed by atoms with Crippen LogP contribution in [0.3, 0.4) is 0 Å². The van der Waals surface area contributed by atoms with Gasteiger partial charge in [0.15, 0.2) is 0 Å². The molecule has 1 amide bonds. The summed E-state index contributed by atoms with van der Waals surface area (Å²) in [6.07, 6.45) is 1.89. The molecule has 0 bridgehead atoms. The van der Waals surface area contributed by atoms with Gasteiger partial charge in [0.1, 0.15) is 0 Å². The molecule has 1 atom stereocenters. The van der Waals surface area contributed by atoms with Gasteiger partial charge in [-0.15, -0.1) is 11.3 Å². The van der Waals surface area contributed by atoms with Crippen LogP contribution in [0.1, 0.15) is 23.3 Å². The van der Waals surface area contributed by atoms with Crippen molar-refractivity contribution < 1.29 is 9.53 Å². The molecule has 0 radical (unpaired) electrons. The average molecular weight is 369 g/mol. The second-order valence-corrected chi connectivity index (χ2v) is 7.95. The Bertz CT molecular complexity index is 924. The number of hydrogen-bond donors (Lipinski definition) is 2. The maximum absolute atomic E-state index is 11.6. The van der Waals surface area contributed by atoms with Crippen LogP contribution in [-0.4, -0.2) is 42.1 Å². The van der Waals surface area contributed by atoms with E-state index < -0.39 is 0 Å². The minimum Gasteiger partial charge on any atom is -0.379 e. The van der Waals surface area contributed by atoms with E-state index in [9.17, 15) is 4.79 Å². The Morgan fingerprint density at radius 2 is 2.12 bits per heavy atom. The summed E-state index contributed by atoms with van der Waals surface area (Å²) in [6, 6.07) is 10.8. The van der Waals surface area contributed by atoms with Crippen LogP contribution in [0.2, 0.25) is 0 Å². The zero-order valence-corrected chi connectivity index (χ0v) is 15.6. The zero-order chi connectivity index (χ0) is 18.1. The quantitative estimate of drug-likeness (QED) is 0.725. The fourth-order valence-electron chi connectivity index (χ4n) is 3.40. The molecule has 0 aliphatic carbocycles. The molecule has 0 spiro atoms. The lowest BCUT2D eigenvalue weighted by Gasteiger charge is -2.25. The molecule has 136 valence electrons. The van der Waals surface area contributed by atoms with E-state index in [1.165, 1.54) is 15.3 Å². The fourth-order valence-corrected chi connectivity index (χ4v) is 4.45. The van der Waals surface area contributed by atoms with Gasteiger partial charge in [-0.2, -0.15) is 0 Å². The van der Waals surface area contributed by atoms with Crippen LogP contribution in [0.5, 0.6) is 0 Å². The van der Waals surface area contributed by atoms with Crippen LogP contribution < -0.4 is 5.73 Å². The molecule has 1 fully saturated rings. The minimum atomic E-state index is -0.306. The number of primary amides is 1. The summed E-state index contributed by atoms with van der Waals surface area (Å²) in [5.74, 6) is -0.612. The highest BCUT2D eigenvalue weighted by molar-refractivity contribution is 7.15. The van der Waals surface area contributed by atoms with Gasteiger partial charge in [-0.05, 0) is 42.3 Å². The van der Waals surface area contributed by atoms with Crippen molar-refractivity contribution in [3.63, 3.8) is 0 Å². The van der Waals surface area contributed by atoms with Gasteiger partial charge in [-0.1, -0.05) is 6.07 Å². The number of amides is 1. The van der Waals surface area contributed by atoms with Gasteiger partial charge in [0.05, 0.1) is 19.1 Å². The molecule has 1 aliphatic rings. The van der Waals surface area contributed by atoms with Crippen LogP contribution in [0.4, 0.5) is 0 Å². The van der Waals surface area contributed by atoms with Crippen molar-refractivity contribution in [3.8, 4) is 10.4 Å². The van der Waals surface area contributed by atoms with E-state index in [4.69, 9.17) is 10.5 Å². The highest BCUT2D eigenvalue weighted by Crippen LogP contribution is 2.33. The van der Waals surface area contributed by atoms with E-state index in [0.717, 1.165) is 49.3 Å². The Hall–Kier alpha value is -2.15. The second kappa shape index (κ2) is 7.23. The number of aromatic nitrogens is 1. The maximum atomic E-state index is 11.6. The number of benzene rings is 1. The number of nitrogens with two attached hydrogens (primary N) is 1. The normalized spacial score (nSPS) is 16.8. The molecule has 1 unspecified atom stereocenters. The number of thiophene rings is 1. The largest absolute Gasteiger partial charge is 0.379 e. The van der Waals surface area contributed by atoms with Crippen molar-refractivity contribution in [2.75, 3.05) is 26.3 Å². The summed E-state index contributed by atoms with van der Waals surface area (Å²) < 4.78 is 5.42. The molecule has 2 aromatic heterocycles. The average Bonchev–Trinajstić information content (AvgIpc) is 3.28. The Balaban J connectivity index is 1.60. The van der Waals surface area contributed by atoms with Crippen molar-refractivity contribution in [1.82, 2.24) is 9.88 Å². The van der Waals surface area contributed by atoms with E-state index in [2.05, 4.69) is 40.2 Å². The number of aromatic amines is 1. The van der Waals surface area contributed by atoms with Crippen LogP contribution in [-0.2, 0) is 16.1 Å². The van der Waals surface area contributed by atoms with Gasteiger partial charge in [-0.25, -0.2) is 0 Å². The molecule has 4 rings (SSSR count). The van der Waals surface area contributed by atoms with Gasteiger partial charge in [0, 0.05) is 46.5 Å². The first-order chi connectivity index (χ1) is 12.6. The molecule has 0 saturated carbocycles. The summed E-state index contributed by atoms with van der Waals surface area (Å²) >= 11 is 1.83. The second-order valence-electron chi connectivity index (χ2n) is 6.78. The molecular weight excluding hydrogens is 346 g/mol. The standard InChI is InChI=1S/C20H23N3O2S/c1-13(20(21)24)17-11-22-18-4-2-14(10-16(17)18)19-5-3-15(26-19)12-23-6-8-25-9-7-23/h2-5,10-11,13,22H,6-9,12H2,1H3,(H2,21,24). The molecule has 1 aromatic carbocycles. The van der Waals surface area contributed by atoms with Crippen molar-refractivity contribution in [2.45, 2.75) is 19.4 Å². The van der Waals surface area contributed by atoms with E-state index in [1.54, 1.807) is 0 Å². The Morgan fingerprint density at radius 3 is 2.88 bits per heavy atom. The van der Waals surface area contributed by atoms with E-state index in [-0.39, 0.29) is 11.8 Å². The van der Waals surface area contributed by atoms with Crippen LogP contribution in [0, 0.1) is 0 Å². The molecule has 5 nitrogen and oxygen atoms in total. The third-order valence-corrected chi connectivity index (χ3v) is 6.16. The van der Waals surface area contributed by atoms with Gasteiger partial charge in [0.25, 0.3) is 0 Å². The Labute approximate surface area is 156 Å². The first-order valence-corrected chi connectivity index (χ1v) is 9.73. The molecule has 3 heterocycles. The maximum Gasteiger partial charge on any atom is 0.224 e. The van der Waals surface area contributed by atoms with Gasteiger partial charge in [-0.3, -0.25) is 9.69 Å². The molecule has 6 heteroatoms. The van der Waals surface area contributed by atoms with Crippen LogP contribution in [0.25, 0.3) is 21.3 Å². The lowest BCUT2D eigenvalue weighted by atomic mass is 9.98. The number of hydrogen-bond acceptors (Lipinski definition) is 4. The minimum absolute atomic E-state index is 0.305. The summed E-state index contributed by atoms with van der Waals surface area (Å²) in [5.41, 5.74) is 8.66.